The molecule has 0 aliphatic carbocycles. The Kier molecular flexibility index (Phi) is 9.78. The normalized spacial score (nSPS) is 19.1. The lowest BCUT2D eigenvalue weighted by Crippen LogP contribution is -2.41. The molecule has 198 valence electrons. The van der Waals surface area contributed by atoms with Gasteiger partial charge >= 0.3 is 5.97 Å². The molecule has 1 saturated heterocycles. The summed E-state index contributed by atoms with van der Waals surface area (Å²) in [6.45, 7) is 2.92. The predicted octanol–water partition coefficient (Wildman–Crippen LogP) is 6.15. The molecule has 3 aromatic rings. The number of piperidine rings is 1. The average molecular weight is 525 g/mol. The monoisotopic (exact) mass is 524 g/mol. The molecular formula is C30H37ClN2O4. The van der Waals surface area contributed by atoms with E-state index in [4.69, 9.17) is 16.3 Å². The molecule has 1 aliphatic heterocycles. The molecule has 0 bridgehead atoms. The number of aliphatic hydroxyl groups is 1. The number of aromatic nitrogens is 1. The van der Waals surface area contributed by atoms with Crippen LogP contribution in [0.15, 0.2) is 54.7 Å². The van der Waals surface area contributed by atoms with Crippen molar-refractivity contribution in [3.05, 3.63) is 70.9 Å². The molecule has 3 atom stereocenters. The van der Waals surface area contributed by atoms with E-state index in [1.54, 1.807) is 13.3 Å². The molecule has 6 nitrogen and oxygen atoms in total. The number of carbonyl (C=O) groups is 1. The first-order chi connectivity index (χ1) is 17.9. The Labute approximate surface area is 224 Å². The van der Waals surface area contributed by atoms with Crippen LogP contribution < -0.4 is 4.74 Å². The number of halogens is 1. The molecule has 1 aliphatic rings. The number of aliphatic carboxylic acids is 1. The number of aliphatic hydroxyl groups excluding tert-OH is 1. The average Bonchev–Trinajstić information content (AvgIpc) is 2.90. The molecule has 1 aromatic heterocycles. The summed E-state index contributed by atoms with van der Waals surface area (Å²) in [6, 6.07) is 15.6. The van der Waals surface area contributed by atoms with Gasteiger partial charge in [0.15, 0.2) is 0 Å². The Morgan fingerprint density at radius 3 is 2.84 bits per heavy atom. The maximum absolute atomic E-state index is 11.3. The van der Waals surface area contributed by atoms with E-state index in [9.17, 15) is 15.0 Å². The first kappa shape index (κ1) is 27.4. The number of nitrogens with zero attached hydrogens (tertiary/aromatic N) is 2. The molecule has 0 saturated carbocycles. The number of hydrogen-bond donors (Lipinski definition) is 2. The Morgan fingerprint density at radius 1 is 1.19 bits per heavy atom. The van der Waals surface area contributed by atoms with Gasteiger partial charge in [-0.15, -0.1) is 0 Å². The highest BCUT2D eigenvalue weighted by atomic mass is 35.5. The fourth-order valence-corrected chi connectivity index (χ4v) is 5.88. The largest absolute Gasteiger partial charge is 0.497 e. The molecule has 0 amide bonds. The van der Waals surface area contributed by atoms with Crippen molar-refractivity contribution < 1.29 is 19.7 Å². The van der Waals surface area contributed by atoms with Crippen molar-refractivity contribution in [3.8, 4) is 5.75 Å². The Bertz CT molecular complexity index is 1190. The number of carboxylic acids is 1. The van der Waals surface area contributed by atoms with E-state index in [2.05, 4.69) is 16.0 Å². The summed E-state index contributed by atoms with van der Waals surface area (Å²) in [5.41, 5.74) is 2.95. The third kappa shape index (κ3) is 7.67. The molecule has 2 aromatic carbocycles. The summed E-state index contributed by atoms with van der Waals surface area (Å²) in [7, 11) is 1.63. The van der Waals surface area contributed by atoms with Gasteiger partial charge in [0.05, 0.1) is 18.7 Å². The van der Waals surface area contributed by atoms with E-state index in [0.29, 0.717) is 24.7 Å². The number of pyridine rings is 1. The van der Waals surface area contributed by atoms with Crippen molar-refractivity contribution in [2.24, 2.45) is 11.8 Å². The molecule has 4 rings (SSSR count). The van der Waals surface area contributed by atoms with Crippen LogP contribution >= 0.6 is 11.6 Å². The lowest BCUT2D eigenvalue weighted by atomic mass is 9.79. The van der Waals surface area contributed by atoms with E-state index >= 15 is 0 Å². The third-order valence-corrected chi connectivity index (χ3v) is 7.92. The predicted molar refractivity (Wildman–Crippen MR) is 147 cm³/mol. The zero-order chi connectivity index (χ0) is 26.2. The van der Waals surface area contributed by atoms with Gasteiger partial charge in [0.1, 0.15) is 5.75 Å². The van der Waals surface area contributed by atoms with Gasteiger partial charge < -0.3 is 19.8 Å². The van der Waals surface area contributed by atoms with Gasteiger partial charge in [-0.25, -0.2) is 0 Å². The molecule has 2 heterocycles. The van der Waals surface area contributed by atoms with Crippen molar-refractivity contribution in [2.45, 2.75) is 51.0 Å². The molecule has 0 spiro atoms. The van der Waals surface area contributed by atoms with Crippen LogP contribution in [0.25, 0.3) is 10.9 Å². The smallest absolute Gasteiger partial charge is 0.303 e. The van der Waals surface area contributed by atoms with Gasteiger partial charge in [0.25, 0.3) is 0 Å². The van der Waals surface area contributed by atoms with Crippen LogP contribution in [0.4, 0.5) is 0 Å². The second-order valence-corrected chi connectivity index (χ2v) is 10.6. The SMILES string of the molecule is COc1ccc2nccc([C@@H](O)CCC3CCN(CCCc4cccc(Cl)c4)CC3CCC(=O)O)c2c1. The summed E-state index contributed by atoms with van der Waals surface area (Å²) in [4.78, 5) is 18.2. The molecule has 2 unspecified atom stereocenters. The lowest BCUT2D eigenvalue weighted by molar-refractivity contribution is -0.137. The van der Waals surface area contributed by atoms with E-state index in [-0.39, 0.29) is 6.42 Å². The minimum absolute atomic E-state index is 0.189. The van der Waals surface area contributed by atoms with Gasteiger partial charge in [-0.1, -0.05) is 23.7 Å². The summed E-state index contributed by atoms with van der Waals surface area (Å²) in [5.74, 6) is 0.720. The fourth-order valence-electron chi connectivity index (χ4n) is 5.67. The van der Waals surface area contributed by atoms with Crippen molar-refractivity contribution in [2.75, 3.05) is 26.7 Å². The highest BCUT2D eigenvalue weighted by Gasteiger charge is 2.30. The van der Waals surface area contributed by atoms with Crippen molar-refractivity contribution in [1.82, 2.24) is 9.88 Å². The van der Waals surface area contributed by atoms with E-state index in [0.717, 1.165) is 72.6 Å². The maximum Gasteiger partial charge on any atom is 0.303 e. The highest BCUT2D eigenvalue weighted by Crippen LogP contribution is 2.35. The number of aryl methyl sites for hydroxylation is 1. The molecular weight excluding hydrogens is 488 g/mol. The topological polar surface area (TPSA) is 82.9 Å². The van der Waals surface area contributed by atoms with Crippen LogP contribution in [0.2, 0.25) is 5.02 Å². The third-order valence-electron chi connectivity index (χ3n) is 7.69. The van der Waals surface area contributed by atoms with Crippen LogP contribution in [-0.2, 0) is 11.2 Å². The standard InChI is InChI=1S/C30H37ClN2O4/c1-37-25-9-10-28-27(19-25)26(13-15-32-28)29(34)11-7-22-14-17-33(20-23(22)8-12-30(35)36)16-3-5-21-4-2-6-24(31)18-21/h2,4,6,9-10,13,15,18-19,22-23,29,34H,3,5,7-8,11-12,14,16-17,20H2,1H3,(H,35,36)/t22?,23?,29-/m0/s1. The summed E-state index contributed by atoms with van der Waals surface area (Å²) < 4.78 is 5.37. The maximum atomic E-state index is 11.3. The first-order valence-electron chi connectivity index (χ1n) is 13.2. The number of fused-ring (bicyclic) bond motifs is 1. The van der Waals surface area contributed by atoms with Crippen molar-refractivity contribution >= 4 is 28.5 Å². The van der Waals surface area contributed by atoms with Crippen molar-refractivity contribution in [1.29, 1.82) is 0 Å². The van der Waals surface area contributed by atoms with E-state index in [1.165, 1.54) is 5.56 Å². The van der Waals surface area contributed by atoms with Crippen molar-refractivity contribution in [3.63, 3.8) is 0 Å². The van der Waals surface area contributed by atoms with Gasteiger partial charge in [0, 0.05) is 29.6 Å². The number of hydrogen-bond acceptors (Lipinski definition) is 5. The van der Waals surface area contributed by atoms with E-state index in [1.807, 2.05) is 42.5 Å². The van der Waals surface area contributed by atoms with Gasteiger partial charge in [0.2, 0.25) is 0 Å². The molecule has 37 heavy (non-hydrogen) atoms. The van der Waals surface area contributed by atoms with Crippen LogP contribution in [0, 0.1) is 11.8 Å². The Hall–Kier alpha value is -2.67. The second-order valence-electron chi connectivity index (χ2n) is 10.2. The van der Waals surface area contributed by atoms with E-state index < -0.39 is 12.1 Å². The van der Waals surface area contributed by atoms with Gasteiger partial charge in [-0.3, -0.25) is 9.78 Å². The summed E-state index contributed by atoms with van der Waals surface area (Å²) in [5, 5.41) is 22.1. The van der Waals surface area contributed by atoms with Gasteiger partial charge in [-0.05, 0) is 111 Å². The Balaban J connectivity index is 1.35. The van der Waals surface area contributed by atoms with Crippen LogP contribution in [0.1, 0.15) is 55.8 Å². The van der Waals surface area contributed by atoms with Crippen LogP contribution in [-0.4, -0.2) is 52.8 Å². The number of benzene rings is 2. The fraction of sp³-hybridized carbons (Fsp3) is 0.467. The molecule has 1 fully saturated rings. The first-order valence-corrected chi connectivity index (χ1v) is 13.6. The molecule has 2 N–H and O–H groups in total. The number of likely N-dealkylation sites (tertiary alicyclic amines) is 1. The zero-order valence-corrected chi connectivity index (χ0v) is 22.2. The molecule has 7 heteroatoms. The second kappa shape index (κ2) is 13.2. The quantitative estimate of drug-likeness (QED) is 0.296. The van der Waals surface area contributed by atoms with Gasteiger partial charge in [-0.2, -0.15) is 0 Å². The minimum Gasteiger partial charge on any atom is -0.497 e. The Morgan fingerprint density at radius 2 is 2.05 bits per heavy atom. The molecule has 0 radical (unpaired) electrons. The number of methoxy groups -OCH3 is 1. The van der Waals surface area contributed by atoms with Crippen LogP contribution in [0.5, 0.6) is 5.75 Å². The number of ether oxygens (including phenoxy) is 1. The number of rotatable bonds is 12. The summed E-state index contributed by atoms with van der Waals surface area (Å²) in [6.07, 6.45) is 6.57. The minimum atomic E-state index is -0.742. The summed E-state index contributed by atoms with van der Waals surface area (Å²) >= 11 is 6.12. The number of carboxylic acid groups (broad SMARTS) is 1. The van der Waals surface area contributed by atoms with Crippen LogP contribution in [0.3, 0.4) is 0 Å². The zero-order valence-electron chi connectivity index (χ0n) is 21.5. The lowest BCUT2D eigenvalue weighted by Gasteiger charge is -2.39. The highest BCUT2D eigenvalue weighted by molar-refractivity contribution is 6.30.